The summed E-state index contributed by atoms with van der Waals surface area (Å²) < 4.78 is 6.46. The summed E-state index contributed by atoms with van der Waals surface area (Å²) in [6, 6.07) is 5.90. The molecule has 1 N–H and O–H groups in total. The van der Waals surface area contributed by atoms with E-state index in [9.17, 15) is 9.59 Å². The number of nitrogens with one attached hydrogen (secondary N) is 1. The van der Waals surface area contributed by atoms with Crippen molar-refractivity contribution in [2.45, 2.75) is 76.1 Å². The third-order valence-electron chi connectivity index (χ3n) is 7.17. The average Bonchev–Trinajstić information content (AvgIpc) is 3.33. The van der Waals surface area contributed by atoms with Crippen LogP contribution < -0.4 is 10.1 Å². The van der Waals surface area contributed by atoms with Gasteiger partial charge >= 0.3 is 0 Å². The summed E-state index contributed by atoms with van der Waals surface area (Å²) in [6.45, 7) is 6.67. The van der Waals surface area contributed by atoms with Crippen molar-refractivity contribution in [1.29, 1.82) is 0 Å². The van der Waals surface area contributed by atoms with Crippen LogP contribution in [-0.2, 0) is 11.3 Å². The molecule has 2 amide bonds. The molecule has 30 heavy (non-hydrogen) atoms. The minimum atomic E-state index is -0.418. The number of benzene rings is 1. The summed E-state index contributed by atoms with van der Waals surface area (Å²) >= 11 is 0. The van der Waals surface area contributed by atoms with Crippen molar-refractivity contribution in [3.8, 4) is 5.75 Å². The Bertz CT molecular complexity index is 861. The largest absolute Gasteiger partial charge is 0.489 e. The lowest BCUT2D eigenvalue weighted by molar-refractivity contribution is -0.126. The maximum atomic E-state index is 12.9. The second-order valence-electron chi connectivity index (χ2n) is 9.15. The molecule has 0 bridgehead atoms. The van der Waals surface area contributed by atoms with Crippen LogP contribution >= 0.6 is 0 Å². The van der Waals surface area contributed by atoms with Crippen molar-refractivity contribution in [2.24, 2.45) is 0 Å². The van der Waals surface area contributed by atoms with Gasteiger partial charge in [0.15, 0.2) is 0 Å². The number of allylic oxidation sites excluding steroid dienone is 1. The third kappa shape index (κ3) is 3.62. The van der Waals surface area contributed by atoms with E-state index >= 15 is 0 Å². The first-order chi connectivity index (χ1) is 14.6. The Morgan fingerprint density at radius 1 is 1.03 bits per heavy atom. The Balaban J connectivity index is 1.28. The minimum absolute atomic E-state index is 0.0590. The van der Waals surface area contributed by atoms with Crippen LogP contribution in [0.1, 0.15) is 67.3 Å². The zero-order chi connectivity index (χ0) is 20.7. The molecule has 1 unspecified atom stereocenters. The summed E-state index contributed by atoms with van der Waals surface area (Å²) in [4.78, 5) is 29.6. The molecule has 3 fully saturated rings. The van der Waals surface area contributed by atoms with Gasteiger partial charge in [0.2, 0.25) is 5.91 Å². The van der Waals surface area contributed by atoms with Crippen molar-refractivity contribution in [3.05, 3.63) is 41.6 Å². The molecular formula is C24H31N3O3. The van der Waals surface area contributed by atoms with E-state index in [1.54, 1.807) is 4.90 Å². The Morgan fingerprint density at radius 3 is 2.67 bits per heavy atom. The third-order valence-corrected chi connectivity index (χ3v) is 7.17. The lowest BCUT2D eigenvalue weighted by Crippen LogP contribution is -2.49. The summed E-state index contributed by atoms with van der Waals surface area (Å²) in [6.07, 6.45) is 9.02. The van der Waals surface area contributed by atoms with Gasteiger partial charge in [-0.25, -0.2) is 0 Å². The number of amides is 2. The van der Waals surface area contributed by atoms with Gasteiger partial charge < -0.3 is 15.0 Å². The number of likely N-dealkylation sites (tertiary alicyclic amines) is 1. The molecule has 2 saturated heterocycles. The SMILES string of the molecule is C=C1CCC(N2Cc3cc(O[C@H]4CCC[C@@H]4N4CCCCC4)ccc3C2=O)C(=O)N1. The molecule has 160 valence electrons. The molecule has 0 aromatic heterocycles. The van der Waals surface area contributed by atoms with E-state index in [1.807, 2.05) is 18.2 Å². The second kappa shape index (κ2) is 8.06. The van der Waals surface area contributed by atoms with Gasteiger partial charge in [-0.1, -0.05) is 13.0 Å². The smallest absolute Gasteiger partial charge is 0.255 e. The summed E-state index contributed by atoms with van der Waals surface area (Å²) in [5.41, 5.74) is 2.39. The molecule has 0 radical (unpaired) electrons. The number of hydrogen-bond acceptors (Lipinski definition) is 4. The Morgan fingerprint density at radius 2 is 1.87 bits per heavy atom. The van der Waals surface area contributed by atoms with E-state index in [2.05, 4.69) is 16.8 Å². The molecule has 4 aliphatic rings. The number of carbonyl (C=O) groups excluding carboxylic acids is 2. The number of hydrogen-bond donors (Lipinski definition) is 1. The highest BCUT2D eigenvalue weighted by atomic mass is 16.5. The molecule has 5 rings (SSSR count). The normalized spacial score (nSPS) is 29.8. The van der Waals surface area contributed by atoms with Crippen molar-refractivity contribution in [2.75, 3.05) is 13.1 Å². The highest BCUT2D eigenvalue weighted by Crippen LogP contribution is 2.34. The predicted molar refractivity (Wildman–Crippen MR) is 114 cm³/mol. The Labute approximate surface area is 178 Å². The number of ether oxygens (including phenoxy) is 1. The van der Waals surface area contributed by atoms with Crippen LogP contribution in [0.4, 0.5) is 0 Å². The lowest BCUT2D eigenvalue weighted by atomic mass is 10.0. The maximum Gasteiger partial charge on any atom is 0.255 e. The van der Waals surface area contributed by atoms with Gasteiger partial charge in [0, 0.05) is 23.8 Å². The molecule has 1 saturated carbocycles. The molecular weight excluding hydrogens is 378 g/mol. The molecule has 0 spiro atoms. The first-order valence-corrected chi connectivity index (χ1v) is 11.4. The van der Waals surface area contributed by atoms with E-state index < -0.39 is 6.04 Å². The average molecular weight is 410 g/mol. The molecule has 1 aromatic carbocycles. The standard InChI is InChI=1S/C24H31N3O3/c1-16-8-11-21(23(28)25-16)27-15-17-14-18(9-10-19(17)24(27)29)30-22-7-5-6-20(22)26-12-3-2-4-13-26/h9-10,14,20-22H,1-8,11-13,15H2,(H,25,28)/t20-,21?,22-/m0/s1. The summed E-state index contributed by atoms with van der Waals surface area (Å²) in [5, 5.41) is 2.79. The van der Waals surface area contributed by atoms with E-state index in [-0.39, 0.29) is 17.9 Å². The maximum absolute atomic E-state index is 12.9. The second-order valence-corrected chi connectivity index (χ2v) is 9.15. The van der Waals surface area contributed by atoms with Crippen molar-refractivity contribution in [3.63, 3.8) is 0 Å². The van der Waals surface area contributed by atoms with E-state index in [1.165, 1.54) is 45.2 Å². The number of rotatable bonds is 4. The van der Waals surface area contributed by atoms with Gasteiger partial charge in [-0.05, 0) is 81.8 Å². The van der Waals surface area contributed by atoms with Crippen molar-refractivity contribution in [1.82, 2.24) is 15.1 Å². The molecule has 3 heterocycles. The first-order valence-electron chi connectivity index (χ1n) is 11.4. The van der Waals surface area contributed by atoms with Gasteiger partial charge in [0.05, 0.1) is 0 Å². The van der Waals surface area contributed by atoms with E-state index in [4.69, 9.17) is 4.74 Å². The van der Waals surface area contributed by atoms with Crippen LogP contribution in [0.2, 0.25) is 0 Å². The molecule has 3 atom stereocenters. The monoisotopic (exact) mass is 409 g/mol. The topological polar surface area (TPSA) is 61.9 Å². The fourth-order valence-electron chi connectivity index (χ4n) is 5.59. The molecule has 6 nitrogen and oxygen atoms in total. The van der Waals surface area contributed by atoms with Gasteiger partial charge in [-0.15, -0.1) is 0 Å². The van der Waals surface area contributed by atoms with Crippen LogP contribution in [0, 0.1) is 0 Å². The van der Waals surface area contributed by atoms with Crippen LogP contribution in [0.25, 0.3) is 0 Å². The van der Waals surface area contributed by atoms with Crippen molar-refractivity contribution >= 4 is 11.8 Å². The van der Waals surface area contributed by atoms with E-state index in [0.29, 0.717) is 31.0 Å². The van der Waals surface area contributed by atoms with Gasteiger partial charge in [-0.3, -0.25) is 14.5 Å². The highest BCUT2D eigenvalue weighted by Gasteiger charge is 2.39. The summed E-state index contributed by atoms with van der Waals surface area (Å²) in [5.74, 6) is 0.661. The zero-order valence-electron chi connectivity index (χ0n) is 17.6. The molecule has 3 aliphatic heterocycles. The van der Waals surface area contributed by atoms with Crippen LogP contribution in [0.15, 0.2) is 30.5 Å². The minimum Gasteiger partial charge on any atom is -0.489 e. The highest BCUT2D eigenvalue weighted by molar-refractivity contribution is 6.01. The van der Waals surface area contributed by atoms with Crippen LogP contribution in [0.5, 0.6) is 5.75 Å². The fraction of sp³-hybridized carbons (Fsp3) is 0.583. The zero-order valence-corrected chi connectivity index (χ0v) is 17.6. The first kappa shape index (κ1) is 19.6. The Hall–Kier alpha value is -2.34. The lowest BCUT2D eigenvalue weighted by Gasteiger charge is -2.35. The number of carbonyl (C=O) groups is 2. The van der Waals surface area contributed by atoms with Crippen LogP contribution in [0.3, 0.4) is 0 Å². The van der Waals surface area contributed by atoms with Crippen LogP contribution in [-0.4, -0.2) is 52.9 Å². The number of fused-ring (bicyclic) bond motifs is 1. The van der Waals surface area contributed by atoms with Crippen molar-refractivity contribution < 1.29 is 14.3 Å². The Kier molecular flexibility index (Phi) is 5.27. The van der Waals surface area contributed by atoms with E-state index in [0.717, 1.165) is 23.4 Å². The van der Waals surface area contributed by atoms with Gasteiger partial charge in [0.1, 0.15) is 17.9 Å². The predicted octanol–water partition coefficient (Wildman–Crippen LogP) is 3.22. The number of nitrogens with zero attached hydrogens (tertiary/aromatic N) is 2. The molecule has 1 aliphatic carbocycles. The fourth-order valence-corrected chi connectivity index (χ4v) is 5.59. The molecule has 6 heteroatoms. The quantitative estimate of drug-likeness (QED) is 0.830. The molecule has 1 aromatic rings. The van der Waals surface area contributed by atoms with Gasteiger partial charge in [0.25, 0.3) is 5.91 Å². The summed E-state index contributed by atoms with van der Waals surface area (Å²) in [7, 11) is 0. The van der Waals surface area contributed by atoms with Gasteiger partial charge in [-0.2, -0.15) is 0 Å². The number of piperidine rings is 2.